The molecule has 0 aliphatic rings. The molecule has 0 unspecified atom stereocenters. The summed E-state index contributed by atoms with van der Waals surface area (Å²) < 4.78 is 1.66. The Bertz CT molecular complexity index is 604. The molecule has 2 rings (SSSR count). The van der Waals surface area contributed by atoms with Gasteiger partial charge < -0.3 is 4.98 Å². The minimum absolute atomic E-state index is 0.132. The number of hydrogen-bond acceptors (Lipinski definition) is 2. The molecular formula is C10H5Br2NO2. The summed E-state index contributed by atoms with van der Waals surface area (Å²) in [7, 11) is 0. The molecule has 0 radical (unpaired) electrons. The first-order valence-electron chi connectivity index (χ1n) is 4.09. The summed E-state index contributed by atoms with van der Waals surface area (Å²) in [4.78, 5) is 24.6. The molecule has 5 heteroatoms. The molecule has 76 valence electrons. The Balaban J connectivity index is 2.93. The minimum atomic E-state index is -0.375. The lowest BCUT2D eigenvalue weighted by molar-refractivity contribution is 0.112. The van der Waals surface area contributed by atoms with Gasteiger partial charge in [0.05, 0.1) is 11.1 Å². The summed E-state index contributed by atoms with van der Waals surface area (Å²) in [5.41, 5.74) is 0.446. The fourth-order valence-corrected chi connectivity index (χ4v) is 2.70. The predicted octanol–water partition coefficient (Wildman–Crippen LogP) is 2.87. The monoisotopic (exact) mass is 329 g/mol. The van der Waals surface area contributed by atoms with E-state index in [9.17, 15) is 9.59 Å². The van der Waals surface area contributed by atoms with Crippen LogP contribution in [0.3, 0.4) is 0 Å². The van der Waals surface area contributed by atoms with Crippen LogP contribution in [-0.4, -0.2) is 11.3 Å². The largest absolute Gasteiger partial charge is 0.320 e. The lowest BCUT2D eigenvalue weighted by atomic mass is 10.2. The second-order valence-electron chi connectivity index (χ2n) is 3.02. The number of nitrogens with one attached hydrogen (secondary N) is 1. The van der Waals surface area contributed by atoms with Gasteiger partial charge in [-0.3, -0.25) is 9.59 Å². The van der Waals surface area contributed by atoms with Gasteiger partial charge in [-0.1, -0.05) is 15.9 Å². The van der Waals surface area contributed by atoms with Gasteiger partial charge in [-0.2, -0.15) is 0 Å². The highest BCUT2D eigenvalue weighted by molar-refractivity contribution is 9.11. The second-order valence-corrected chi connectivity index (χ2v) is 4.79. The van der Waals surface area contributed by atoms with Crippen molar-refractivity contribution in [3.8, 4) is 0 Å². The normalized spacial score (nSPS) is 10.5. The Morgan fingerprint density at radius 3 is 2.60 bits per heavy atom. The summed E-state index contributed by atoms with van der Waals surface area (Å²) in [6.07, 6.45) is 0.549. The van der Waals surface area contributed by atoms with Crippen LogP contribution in [0.4, 0.5) is 0 Å². The molecule has 3 nitrogen and oxygen atoms in total. The molecule has 0 atom stereocenters. The fourth-order valence-electron chi connectivity index (χ4n) is 1.35. The van der Waals surface area contributed by atoms with Crippen molar-refractivity contribution < 1.29 is 4.79 Å². The Morgan fingerprint density at radius 1 is 1.20 bits per heavy atom. The van der Waals surface area contributed by atoms with E-state index < -0.39 is 0 Å². The molecule has 0 aliphatic heterocycles. The van der Waals surface area contributed by atoms with Crippen LogP contribution in [0, 0.1) is 0 Å². The second kappa shape index (κ2) is 3.90. The Morgan fingerprint density at radius 2 is 1.93 bits per heavy atom. The van der Waals surface area contributed by atoms with Crippen molar-refractivity contribution >= 4 is 49.0 Å². The first-order valence-corrected chi connectivity index (χ1v) is 5.67. The number of H-pyrrole nitrogens is 1. The van der Waals surface area contributed by atoms with Gasteiger partial charge in [0.1, 0.15) is 0 Å². The van der Waals surface area contributed by atoms with Gasteiger partial charge >= 0.3 is 0 Å². The zero-order valence-electron chi connectivity index (χ0n) is 7.38. The summed E-state index contributed by atoms with van der Waals surface area (Å²) in [6, 6.07) is 5.23. The maximum absolute atomic E-state index is 11.4. The van der Waals surface area contributed by atoms with E-state index >= 15 is 0 Å². The lowest BCUT2D eigenvalue weighted by Crippen LogP contribution is -2.11. The third-order valence-electron chi connectivity index (χ3n) is 2.02. The number of hydrogen-bond donors (Lipinski definition) is 1. The fraction of sp³-hybridized carbons (Fsp3) is 0. The molecule has 1 heterocycles. The standard InChI is InChI=1S/C10H5Br2NO2/c11-7-2-5-1-6(4-14)10(15)13-9(5)8(12)3-7/h1-4H,(H,13,15). The molecule has 2 aromatic rings. The third kappa shape index (κ3) is 1.89. The highest BCUT2D eigenvalue weighted by Crippen LogP contribution is 2.26. The van der Waals surface area contributed by atoms with Crippen molar-refractivity contribution in [1.82, 2.24) is 4.98 Å². The number of rotatable bonds is 1. The van der Waals surface area contributed by atoms with Gasteiger partial charge in [0.2, 0.25) is 0 Å². The summed E-state index contributed by atoms with van der Waals surface area (Å²) in [6.45, 7) is 0. The Labute approximate surface area is 102 Å². The number of aldehydes is 1. The number of aromatic nitrogens is 1. The van der Waals surface area contributed by atoms with Crippen molar-refractivity contribution in [1.29, 1.82) is 0 Å². The molecule has 0 fully saturated rings. The smallest absolute Gasteiger partial charge is 0.259 e. The summed E-state index contributed by atoms with van der Waals surface area (Å²) in [5, 5.41) is 0.804. The molecule has 0 amide bonds. The molecule has 1 aromatic heterocycles. The highest BCUT2D eigenvalue weighted by Gasteiger charge is 2.05. The van der Waals surface area contributed by atoms with Crippen LogP contribution in [0.25, 0.3) is 10.9 Å². The van der Waals surface area contributed by atoms with Crippen LogP contribution in [0.1, 0.15) is 10.4 Å². The van der Waals surface area contributed by atoms with E-state index in [0.717, 1.165) is 14.3 Å². The maximum atomic E-state index is 11.4. The zero-order valence-corrected chi connectivity index (χ0v) is 10.6. The van der Waals surface area contributed by atoms with Crippen LogP contribution < -0.4 is 5.56 Å². The topological polar surface area (TPSA) is 49.9 Å². The number of pyridine rings is 1. The third-order valence-corrected chi connectivity index (χ3v) is 3.11. The Kier molecular flexibility index (Phi) is 2.75. The van der Waals surface area contributed by atoms with Gasteiger partial charge in [0, 0.05) is 14.3 Å². The SMILES string of the molecule is O=Cc1cc2cc(Br)cc(Br)c2[nH]c1=O. The van der Waals surface area contributed by atoms with E-state index in [1.54, 1.807) is 6.07 Å². The Hall–Kier alpha value is -0.940. The highest BCUT2D eigenvalue weighted by atomic mass is 79.9. The van der Waals surface area contributed by atoms with E-state index in [1.165, 1.54) is 0 Å². The number of halogens is 2. The van der Waals surface area contributed by atoms with Crippen molar-refractivity contribution in [2.45, 2.75) is 0 Å². The van der Waals surface area contributed by atoms with Gasteiger partial charge in [0.25, 0.3) is 5.56 Å². The molecule has 15 heavy (non-hydrogen) atoms. The van der Waals surface area contributed by atoms with Gasteiger partial charge in [0.15, 0.2) is 6.29 Å². The molecule has 0 bridgehead atoms. The summed E-state index contributed by atoms with van der Waals surface area (Å²) >= 11 is 6.68. The molecular weight excluding hydrogens is 326 g/mol. The van der Waals surface area contributed by atoms with Crippen LogP contribution >= 0.6 is 31.9 Å². The summed E-state index contributed by atoms with van der Waals surface area (Å²) in [5.74, 6) is 0. The van der Waals surface area contributed by atoms with E-state index in [0.29, 0.717) is 11.8 Å². The molecule has 0 saturated carbocycles. The van der Waals surface area contributed by atoms with E-state index in [-0.39, 0.29) is 11.1 Å². The zero-order chi connectivity index (χ0) is 11.0. The van der Waals surface area contributed by atoms with Crippen LogP contribution in [0.2, 0.25) is 0 Å². The molecule has 0 saturated heterocycles. The van der Waals surface area contributed by atoms with Crippen LogP contribution in [0.5, 0.6) is 0 Å². The number of aromatic amines is 1. The van der Waals surface area contributed by atoms with Crippen molar-refractivity contribution in [2.24, 2.45) is 0 Å². The minimum Gasteiger partial charge on any atom is -0.320 e. The molecule has 1 aromatic carbocycles. The lowest BCUT2D eigenvalue weighted by Gasteiger charge is -2.02. The van der Waals surface area contributed by atoms with E-state index in [1.807, 2.05) is 12.1 Å². The van der Waals surface area contributed by atoms with Gasteiger partial charge in [-0.25, -0.2) is 0 Å². The quantitative estimate of drug-likeness (QED) is 0.817. The van der Waals surface area contributed by atoms with Crippen molar-refractivity contribution in [3.63, 3.8) is 0 Å². The van der Waals surface area contributed by atoms with Crippen molar-refractivity contribution in [2.75, 3.05) is 0 Å². The first-order chi connectivity index (χ1) is 7.11. The molecule has 0 spiro atoms. The average molecular weight is 331 g/mol. The predicted molar refractivity (Wildman–Crippen MR) is 65.4 cm³/mol. The van der Waals surface area contributed by atoms with Gasteiger partial charge in [-0.05, 0) is 34.1 Å². The average Bonchev–Trinajstić information content (AvgIpc) is 2.18. The van der Waals surface area contributed by atoms with Crippen LogP contribution in [-0.2, 0) is 0 Å². The van der Waals surface area contributed by atoms with Crippen LogP contribution in [0.15, 0.2) is 31.9 Å². The van der Waals surface area contributed by atoms with Crippen molar-refractivity contribution in [3.05, 3.63) is 43.1 Å². The number of carbonyl (C=O) groups is 1. The van der Waals surface area contributed by atoms with E-state index in [2.05, 4.69) is 36.8 Å². The number of carbonyl (C=O) groups excluding carboxylic acids is 1. The molecule has 1 N–H and O–H groups in total. The number of fused-ring (bicyclic) bond motifs is 1. The van der Waals surface area contributed by atoms with E-state index in [4.69, 9.17) is 0 Å². The number of benzene rings is 1. The van der Waals surface area contributed by atoms with Gasteiger partial charge in [-0.15, -0.1) is 0 Å². The maximum Gasteiger partial charge on any atom is 0.259 e. The molecule has 0 aliphatic carbocycles. The first kappa shape index (κ1) is 10.6.